The van der Waals surface area contributed by atoms with Crippen LogP contribution in [0.1, 0.15) is 5.56 Å². The smallest absolute Gasteiger partial charge is 0.314 e. The first kappa shape index (κ1) is 14.1. The molecule has 0 amide bonds. The highest BCUT2D eigenvalue weighted by Gasteiger charge is 2.16. The van der Waals surface area contributed by atoms with Crippen LogP contribution in [0.3, 0.4) is 0 Å². The second-order valence-electron chi connectivity index (χ2n) is 3.97. The van der Waals surface area contributed by atoms with Crippen molar-refractivity contribution in [3.8, 4) is 17.2 Å². The van der Waals surface area contributed by atoms with E-state index >= 15 is 0 Å². The third-order valence-electron chi connectivity index (χ3n) is 2.66. The van der Waals surface area contributed by atoms with Crippen molar-refractivity contribution in [2.45, 2.75) is 5.88 Å². The van der Waals surface area contributed by atoms with Crippen LogP contribution in [0.2, 0.25) is 0 Å². The van der Waals surface area contributed by atoms with E-state index in [9.17, 15) is 10.1 Å². The molecule has 0 aliphatic carbocycles. The molecule has 0 saturated carbocycles. The second kappa shape index (κ2) is 6.25. The summed E-state index contributed by atoms with van der Waals surface area (Å²) >= 11 is 5.70. The molecule has 0 N–H and O–H groups in total. The van der Waals surface area contributed by atoms with Crippen LogP contribution in [-0.4, -0.2) is 12.0 Å². The molecule has 2 rings (SSSR count). The molecule has 0 aliphatic heterocycles. The van der Waals surface area contributed by atoms with Gasteiger partial charge in [0, 0.05) is 5.88 Å². The highest BCUT2D eigenvalue weighted by atomic mass is 35.5. The topological polar surface area (TPSA) is 61.6 Å². The quantitative estimate of drug-likeness (QED) is 0.472. The van der Waals surface area contributed by atoms with Crippen molar-refractivity contribution in [2.75, 3.05) is 7.11 Å². The van der Waals surface area contributed by atoms with E-state index in [-0.39, 0.29) is 11.4 Å². The Bertz CT molecular complexity index is 613. The van der Waals surface area contributed by atoms with Gasteiger partial charge in [0.15, 0.2) is 5.75 Å². The Kier molecular flexibility index (Phi) is 4.42. The predicted molar refractivity (Wildman–Crippen MR) is 75.7 cm³/mol. The molecule has 0 bridgehead atoms. The Morgan fingerprint density at radius 2 is 1.80 bits per heavy atom. The van der Waals surface area contributed by atoms with Gasteiger partial charge in [-0.2, -0.15) is 0 Å². The van der Waals surface area contributed by atoms with Gasteiger partial charge >= 0.3 is 5.69 Å². The minimum Gasteiger partial charge on any atom is -0.490 e. The second-order valence-corrected chi connectivity index (χ2v) is 4.24. The molecule has 6 heteroatoms. The van der Waals surface area contributed by atoms with E-state index in [2.05, 4.69) is 0 Å². The fourth-order valence-electron chi connectivity index (χ4n) is 1.66. The molecule has 0 aliphatic rings. The number of halogens is 1. The fourth-order valence-corrected chi connectivity index (χ4v) is 1.84. The molecule has 0 fully saturated rings. The number of nitro benzene ring substituents is 1. The summed E-state index contributed by atoms with van der Waals surface area (Å²) in [6.07, 6.45) is 0. The number of nitrogens with zero attached hydrogens (tertiary/aromatic N) is 1. The van der Waals surface area contributed by atoms with Crippen molar-refractivity contribution in [3.63, 3.8) is 0 Å². The van der Waals surface area contributed by atoms with E-state index in [0.29, 0.717) is 17.4 Å². The Hall–Kier alpha value is -2.27. The summed E-state index contributed by atoms with van der Waals surface area (Å²) in [4.78, 5) is 10.4. The SMILES string of the molecule is COc1ccc(Oc2ccc(CCl)cc2)cc1[N+](=O)[O-]. The van der Waals surface area contributed by atoms with Crippen LogP contribution in [-0.2, 0) is 5.88 Å². The Morgan fingerprint density at radius 3 is 2.35 bits per heavy atom. The number of hydrogen-bond donors (Lipinski definition) is 0. The highest BCUT2D eigenvalue weighted by Crippen LogP contribution is 2.32. The number of nitro groups is 1. The molecule has 20 heavy (non-hydrogen) atoms. The summed E-state index contributed by atoms with van der Waals surface area (Å²) in [6, 6.07) is 11.6. The number of alkyl halides is 1. The standard InChI is InChI=1S/C14H12ClNO4/c1-19-14-7-6-12(8-13(14)16(17)18)20-11-4-2-10(9-15)3-5-11/h2-8H,9H2,1H3. The maximum atomic E-state index is 10.9. The monoisotopic (exact) mass is 293 g/mol. The van der Waals surface area contributed by atoms with Crippen LogP contribution < -0.4 is 9.47 Å². The van der Waals surface area contributed by atoms with Gasteiger partial charge in [-0.15, -0.1) is 11.6 Å². The molecule has 0 radical (unpaired) electrons. The minimum absolute atomic E-state index is 0.137. The first-order valence-electron chi connectivity index (χ1n) is 5.79. The van der Waals surface area contributed by atoms with Gasteiger partial charge in [0.2, 0.25) is 0 Å². The third kappa shape index (κ3) is 3.19. The molecule has 0 heterocycles. The van der Waals surface area contributed by atoms with Gasteiger partial charge in [0.1, 0.15) is 11.5 Å². The molecule has 0 atom stereocenters. The minimum atomic E-state index is -0.512. The van der Waals surface area contributed by atoms with Gasteiger partial charge < -0.3 is 9.47 Å². The van der Waals surface area contributed by atoms with Crippen LogP contribution in [0.5, 0.6) is 17.2 Å². The molecule has 0 spiro atoms. The zero-order valence-corrected chi connectivity index (χ0v) is 11.5. The molecule has 0 unspecified atom stereocenters. The number of rotatable bonds is 5. The van der Waals surface area contributed by atoms with E-state index in [1.165, 1.54) is 19.2 Å². The Labute approximate surface area is 120 Å². The fraction of sp³-hybridized carbons (Fsp3) is 0.143. The lowest BCUT2D eigenvalue weighted by atomic mass is 10.2. The maximum absolute atomic E-state index is 10.9. The number of ether oxygens (including phenoxy) is 2. The van der Waals surface area contributed by atoms with Gasteiger partial charge in [0.25, 0.3) is 0 Å². The average Bonchev–Trinajstić information content (AvgIpc) is 2.48. The van der Waals surface area contributed by atoms with Crippen LogP contribution in [0.4, 0.5) is 5.69 Å². The third-order valence-corrected chi connectivity index (χ3v) is 2.97. The van der Waals surface area contributed by atoms with E-state index < -0.39 is 4.92 Å². The summed E-state index contributed by atoms with van der Waals surface area (Å²) in [7, 11) is 1.38. The van der Waals surface area contributed by atoms with Crippen molar-refractivity contribution in [2.24, 2.45) is 0 Å². The number of benzene rings is 2. The van der Waals surface area contributed by atoms with Crippen LogP contribution in [0, 0.1) is 10.1 Å². The summed E-state index contributed by atoms with van der Waals surface area (Å²) in [6.45, 7) is 0. The summed E-state index contributed by atoms with van der Waals surface area (Å²) < 4.78 is 10.5. The summed E-state index contributed by atoms with van der Waals surface area (Å²) in [5.41, 5.74) is 0.835. The van der Waals surface area contributed by atoms with Gasteiger partial charge in [-0.3, -0.25) is 10.1 Å². The van der Waals surface area contributed by atoms with Crippen molar-refractivity contribution < 1.29 is 14.4 Å². The predicted octanol–water partition coefficient (Wildman–Crippen LogP) is 4.13. The average molecular weight is 294 g/mol. The van der Waals surface area contributed by atoms with Gasteiger partial charge in [-0.1, -0.05) is 12.1 Å². The molecule has 2 aromatic carbocycles. The number of methoxy groups -OCH3 is 1. The Morgan fingerprint density at radius 1 is 1.15 bits per heavy atom. The lowest BCUT2D eigenvalue weighted by Gasteiger charge is -2.07. The summed E-state index contributed by atoms with van der Waals surface area (Å²) in [5.74, 6) is 1.57. The number of hydrogen-bond acceptors (Lipinski definition) is 4. The normalized spacial score (nSPS) is 10.1. The van der Waals surface area contributed by atoms with Crippen molar-refractivity contribution in [1.29, 1.82) is 0 Å². The maximum Gasteiger partial charge on any atom is 0.314 e. The van der Waals surface area contributed by atoms with E-state index in [4.69, 9.17) is 21.1 Å². The molecule has 2 aromatic rings. The molecular formula is C14H12ClNO4. The van der Waals surface area contributed by atoms with Gasteiger partial charge in [0.05, 0.1) is 18.1 Å². The van der Waals surface area contributed by atoms with Crippen LogP contribution in [0.15, 0.2) is 42.5 Å². The first-order valence-corrected chi connectivity index (χ1v) is 6.32. The molecular weight excluding hydrogens is 282 g/mol. The van der Waals surface area contributed by atoms with Crippen molar-refractivity contribution in [1.82, 2.24) is 0 Å². The molecule has 0 saturated heterocycles. The molecule has 0 aromatic heterocycles. The van der Waals surface area contributed by atoms with Crippen LogP contribution in [0.25, 0.3) is 0 Å². The summed E-state index contributed by atoms with van der Waals surface area (Å²) in [5, 5.41) is 10.9. The van der Waals surface area contributed by atoms with E-state index in [1.807, 2.05) is 12.1 Å². The van der Waals surface area contributed by atoms with Crippen molar-refractivity contribution >= 4 is 17.3 Å². The first-order chi connectivity index (χ1) is 9.63. The van der Waals surface area contributed by atoms with E-state index in [0.717, 1.165) is 5.56 Å². The lowest BCUT2D eigenvalue weighted by molar-refractivity contribution is -0.385. The largest absolute Gasteiger partial charge is 0.490 e. The Balaban J connectivity index is 2.24. The van der Waals surface area contributed by atoms with E-state index in [1.54, 1.807) is 18.2 Å². The van der Waals surface area contributed by atoms with Crippen molar-refractivity contribution in [3.05, 3.63) is 58.1 Å². The molecule has 104 valence electrons. The molecule has 5 nitrogen and oxygen atoms in total. The van der Waals surface area contributed by atoms with Crippen LogP contribution >= 0.6 is 11.6 Å². The highest BCUT2D eigenvalue weighted by molar-refractivity contribution is 6.17. The zero-order valence-electron chi connectivity index (χ0n) is 10.7. The van der Waals surface area contributed by atoms with Gasteiger partial charge in [-0.25, -0.2) is 0 Å². The van der Waals surface area contributed by atoms with Gasteiger partial charge in [-0.05, 0) is 29.8 Å². The zero-order chi connectivity index (χ0) is 14.5. The lowest BCUT2D eigenvalue weighted by Crippen LogP contribution is -1.94.